The van der Waals surface area contributed by atoms with E-state index in [0.717, 1.165) is 11.3 Å². The van der Waals surface area contributed by atoms with Crippen molar-refractivity contribution >= 4 is 61.4 Å². The number of carboxylic acids is 1. The largest absolute Gasteiger partial charge is 0.507 e. The minimum Gasteiger partial charge on any atom is -0.507 e. The molecule has 0 aliphatic carbocycles. The Labute approximate surface area is 220 Å². The van der Waals surface area contributed by atoms with Gasteiger partial charge in [0.2, 0.25) is 0 Å². The van der Waals surface area contributed by atoms with Crippen LogP contribution in [-0.2, 0) is 9.59 Å². The summed E-state index contributed by atoms with van der Waals surface area (Å²) in [7, 11) is 0. The first-order valence-electron chi connectivity index (χ1n) is 11.5. The molecule has 1 atom stereocenters. The maximum atomic E-state index is 13.3. The van der Waals surface area contributed by atoms with Crippen molar-refractivity contribution in [1.29, 1.82) is 0 Å². The van der Waals surface area contributed by atoms with E-state index in [4.69, 9.17) is 4.74 Å². The third-order valence-electron chi connectivity index (χ3n) is 5.80. The molecule has 2 N–H and O–H groups in total. The number of carboxylic acid groups (broad SMARTS) is 1. The van der Waals surface area contributed by atoms with Gasteiger partial charge < -0.3 is 14.9 Å². The summed E-state index contributed by atoms with van der Waals surface area (Å²) in [5.41, 5.74) is 0.954. The van der Waals surface area contributed by atoms with E-state index in [1.165, 1.54) is 28.4 Å². The Morgan fingerprint density at radius 3 is 2.46 bits per heavy atom. The predicted molar refractivity (Wildman–Crippen MR) is 142 cm³/mol. The van der Waals surface area contributed by atoms with Crippen LogP contribution in [0.3, 0.4) is 0 Å². The number of ether oxygens (including phenoxy) is 1. The van der Waals surface area contributed by atoms with Gasteiger partial charge in [0.25, 0.3) is 5.78 Å². The molecule has 0 spiro atoms. The fourth-order valence-electron chi connectivity index (χ4n) is 4.02. The van der Waals surface area contributed by atoms with Crippen LogP contribution >= 0.6 is 22.7 Å². The number of aliphatic hydroxyl groups excluding tert-OH is 1. The molecule has 2 aromatic heterocycles. The van der Waals surface area contributed by atoms with E-state index < -0.39 is 23.7 Å². The predicted octanol–water partition coefficient (Wildman–Crippen LogP) is 5.72. The molecule has 1 unspecified atom stereocenters. The molecule has 2 aromatic carbocycles. The van der Waals surface area contributed by atoms with Crippen LogP contribution < -0.4 is 9.64 Å². The summed E-state index contributed by atoms with van der Waals surface area (Å²) in [5, 5.41) is 22.6. The Kier molecular flexibility index (Phi) is 6.53. The standard InChI is InChI=1S/C27H22N2O6S2/c1-14(2)13-35-17-8-5-15(6-9-17)23(30)21-22(19-4-3-11-36-19)29(25(32)24(21)31)27-28-18-10-7-16(26(33)34)12-20(18)37-27/h3-12,14,22,30H,13H2,1-2H3,(H,33,34)/b23-21+. The summed E-state index contributed by atoms with van der Waals surface area (Å²) in [6.07, 6.45) is 0. The van der Waals surface area contributed by atoms with E-state index in [9.17, 15) is 24.6 Å². The van der Waals surface area contributed by atoms with Gasteiger partial charge in [-0.05, 0) is 59.8 Å². The van der Waals surface area contributed by atoms with E-state index in [2.05, 4.69) is 4.98 Å². The van der Waals surface area contributed by atoms with Crippen molar-refractivity contribution in [1.82, 2.24) is 4.98 Å². The Balaban J connectivity index is 1.59. The number of fused-ring (bicyclic) bond motifs is 1. The van der Waals surface area contributed by atoms with E-state index in [1.54, 1.807) is 42.5 Å². The van der Waals surface area contributed by atoms with Crippen molar-refractivity contribution in [2.45, 2.75) is 19.9 Å². The molecular weight excluding hydrogens is 512 g/mol. The first-order valence-corrected chi connectivity index (χ1v) is 13.2. The second-order valence-corrected chi connectivity index (χ2v) is 10.9. The lowest BCUT2D eigenvalue weighted by Gasteiger charge is -2.21. The maximum Gasteiger partial charge on any atom is 0.335 e. The zero-order valence-electron chi connectivity index (χ0n) is 19.9. The molecule has 188 valence electrons. The molecular formula is C27H22N2O6S2. The zero-order valence-corrected chi connectivity index (χ0v) is 21.5. The molecule has 37 heavy (non-hydrogen) atoms. The van der Waals surface area contributed by atoms with Crippen LogP contribution in [0.1, 0.15) is 40.7 Å². The Morgan fingerprint density at radius 1 is 1.08 bits per heavy atom. The molecule has 1 aliphatic rings. The third kappa shape index (κ3) is 4.61. The van der Waals surface area contributed by atoms with Crippen molar-refractivity contribution in [3.05, 3.63) is 81.6 Å². The van der Waals surface area contributed by atoms with Crippen LogP contribution in [0.15, 0.2) is 65.6 Å². The molecule has 1 aliphatic heterocycles. The number of ketones is 1. The second kappa shape index (κ2) is 9.79. The summed E-state index contributed by atoms with van der Waals surface area (Å²) in [4.78, 5) is 44.4. The molecule has 10 heteroatoms. The number of amides is 1. The highest BCUT2D eigenvalue weighted by Crippen LogP contribution is 2.45. The van der Waals surface area contributed by atoms with Gasteiger partial charge in [-0.15, -0.1) is 11.3 Å². The summed E-state index contributed by atoms with van der Waals surface area (Å²) in [6.45, 7) is 4.63. The molecule has 0 saturated carbocycles. The minimum absolute atomic E-state index is 0.0335. The van der Waals surface area contributed by atoms with Crippen LogP contribution in [0.4, 0.5) is 5.13 Å². The molecule has 1 amide bonds. The molecule has 0 bridgehead atoms. The number of rotatable bonds is 7. The van der Waals surface area contributed by atoms with Crippen LogP contribution in [0.5, 0.6) is 5.75 Å². The zero-order chi connectivity index (χ0) is 26.3. The Hall–Kier alpha value is -4.02. The first-order chi connectivity index (χ1) is 17.7. The number of benzene rings is 2. The monoisotopic (exact) mass is 534 g/mol. The third-order valence-corrected chi connectivity index (χ3v) is 7.74. The van der Waals surface area contributed by atoms with Gasteiger partial charge in [-0.2, -0.15) is 0 Å². The number of aromatic nitrogens is 1. The van der Waals surface area contributed by atoms with Gasteiger partial charge >= 0.3 is 11.9 Å². The summed E-state index contributed by atoms with van der Waals surface area (Å²) < 4.78 is 6.27. The number of nitrogens with zero attached hydrogens (tertiary/aromatic N) is 2. The number of aromatic carboxylic acids is 1. The Bertz CT molecular complexity index is 1540. The van der Waals surface area contributed by atoms with E-state index in [-0.39, 0.29) is 22.0 Å². The average molecular weight is 535 g/mol. The van der Waals surface area contributed by atoms with Gasteiger partial charge in [0, 0.05) is 10.4 Å². The number of hydrogen-bond donors (Lipinski definition) is 2. The number of carbonyl (C=O) groups is 3. The lowest BCUT2D eigenvalue weighted by atomic mass is 10.00. The number of thiazole rings is 1. The highest BCUT2D eigenvalue weighted by molar-refractivity contribution is 7.22. The van der Waals surface area contributed by atoms with Gasteiger partial charge in [-0.3, -0.25) is 14.5 Å². The summed E-state index contributed by atoms with van der Waals surface area (Å²) in [6, 6.07) is 13.9. The SMILES string of the molecule is CC(C)COc1ccc(/C(O)=C2\C(=O)C(=O)N(c3nc4ccc(C(=O)O)cc4s3)C2c2cccs2)cc1. The number of thiophene rings is 1. The number of hydrogen-bond acceptors (Lipinski definition) is 8. The molecule has 1 fully saturated rings. The lowest BCUT2D eigenvalue weighted by molar-refractivity contribution is -0.132. The lowest BCUT2D eigenvalue weighted by Crippen LogP contribution is -2.28. The normalized spacial score (nSPS) is 17.2. The smallest absolute Gasteiger partial charge is 0.335 e. The second-order valence-electron chi connectivity index (χ2n) is 8.90. The van der Waals surface area contributed by atoms with Crippen molar-refractivity contribution < 1.29 is 29.3 Å². The average Bonchev–Trinajstić information content (AvgIpc) is 3.61. The summed E-state index contributed by atoms with van der Waals surface area (Å²) in [5.74, 6) is -2.00. The molecule has 1 saturated heterocycles. The van der Waals surface area contributed by atoms with Crippen molar-refractivity contribution in [3.63, 3.8) is 0 Å². The van der Waals surface area contributed by atoms with Gasteiger partial charge in [-0.25, -0.2) is 9.78 Å². The quantitative estimate of drug-likeness (QED) is 0.177. The van der Waals surface area contributed by atoms with Crippen molar-refractivity contribution in [3.8, 4) is 5.75 Å². The topological polar surface area (TPSA) is 117 Å². The Morgan fingerprint density at radius 2 is 1.81 bits per heavy atom. The minimum atomic E-state index is -1.07. The maximum absolute atomic E-state index is 13.3. The van der Waals surface area contributed by atoms with Gasteiger partial charge in [0.1, 0.15) is 17.6 Å². The molecule has 8 nitrogen and oxygen atoms in total. The van der Waals surface area contributed by atoms with E-state index >= 15 is 0 Å². The molecule has 0 radical (unpaired) electrons. The highest BCUT2D eigenvalue weighted by atomic mass is 32.1. The van der Waals surface area contributed by atoms with Crippen molar-refractivity contribution in [2.75, 3.05) is 11.5 Å². The fourth-order valence-corrected chi connectivity index (χ4v) is 5.88. The number of anilines is 1. The van der Waals surface area contributed by atoms with Crippen molar-refractivity contribution in [2.24, 2.45) is 5.92 Å². The summed E-state index contributed by atoms with van der Waals surface area (Å²) >= 11 is 2.47. The number of Topliss-reactive ketones (excluding diaryl/α,β-unsaturated/α-hetero) is 1. The van der Waals surface area contributed by atoms with E-state index in [1.807, 2.05) is 19.2 Å². The van der Waals surface area contributed by atoms with Crippen LogP contribution in [0.2, 0.25) is 0 Å². The van der Waals surface area contributed by atoms with E-state index in [0.29, 0.717) is 38.9 Å². The molecule has 5 rings (SSSR count). The first kappa shape index (κ1) is 24.7. The molecule has 4 aromatic rings. The van der Waals surface area contributed by atoms with Gasteiger partial charge in [0.15, 0.2) is 5.13 Å². The van der Waals surface area contributed by atoms with Crippen LogP contribution in [-0.4, -0.2) is 39.5 Å². The fraction of sp³-hybridized carbons (Fsp3) is 0.185. The van der Waals surface area contributed by atoms with Gasteiger partial charge in [-0.1, -0.05) is 31.3 Å². The number of aliphatic hydroxyl groups is 1. The van der Waals surface area contributed by atoms with Gasteiger partial charge in [0.05, 0.1) is 28.0 Å². The molecule has 3 heterocycles. The highest BCUT2D eigenvalue weighted by Gasteiger charge is 2.48. The number of carbonyl (C=O) groups excluding carboxylic acids is 2. The van der Waals surface area contributed by atoms with Crippen LogP contribution in [0.25, 0.3) is 16.0 Å². The van der Waals surface area contributed by atoms with Crippen LogP contribution in [0, 0.1) is 5.92 Å².